The van der Waals surface area contributed by atoms with Crippen molar-refractivity contribution in [2.45, 2.75) is 47.0 Å². The van der Waals surface area contributed by atoms with E-state index in [2.05, 4.69) is 33.8 Å². The highest BCUT2D eigenvalue weighted by Gasteiger charge is 2.26. The quantitative estimate of drug-likeness (QED) is 0.650. The highest BCUT2D eigenvalue weighted by atomic mass is 16.5. The zero-order valence-corrected chi connectivity index (χ0v) is 17.7. The third-order valence-corrected chi connectivity index (χ3v) is 5.10. The lowest BCUT2D eigenvalue weighted by Gasteiger charge is -2.37. The minimum atomic E-state index is -0.222. The normalized spacial score (nSPS) is 14.7. The lowest BCUT2D eigenvalue weighted by atomic mass is 10.1. The molecule has 2 aromatic rings. The van der Waals surface area contributed by atoms with Gasteiger partial charge in [-0.15, -0.1) is 0 Å². The topological polar surface area (TPSA) is 92.9 Å². The van der Waals surface area contributed by atoms with Crippen LogP contribution >= 0.6 is 0 Å². The summed E-state index contributed by atoms with van der Waals surface area (Å²) < 4.78 is 6.82. The van der Waals surface area contributed by atoms with Gasteiger partial charge in [-0.3, -0.25) is 9.59 Å². The lowest BCUT2D eigenvalue weighted by Crippen LogP contribution is -2.49. The number of carbonyl (C=O) groups is 2. The molecule has 0 N–H and O–H groups in total. The molecule has 1 amide bonds. The first-order chi connectivity index (χ1) is 13.9. The molecule has 0 unspecified atom stereocenters. The predicted octanol–water partition coefficient (Wildman–Crippen LogP) is 1.62. The molecular weight excluding hydrogens is 372 g/mol. The van der Waals surface area contributed by atoms with Gasteiger partial charge in [0, 0.05) is 50.3 Å². The Labute approximate surface area is 171 Å². The molecule has 3 rings (SSSR count). The van der Waals surface area contributed by atoms with Gasteiger partial charge in [0.25, 0.3) is 5.78 Å². The van der Waals surface area contributed by atoms with Gasteiger partial charge < -0.3 is 14.5 Å². The summed E-state index contributed by atoms with van der Waals surface area (Å²) in [7, 11) is 0. The van der Waals surface area contributed by atoms with Crippen molar-refractivity contribution in [1.29, 1.82) is 0 Å². The van der Waals surface area contributed by atoms with Crippen LogP contribution in [0, 0.1) is 12.8 Å². The molecule has 9 heteroatoms. The molecule has 2 aromatic heterocycles. The van der Waals surface area contributed by atoms with Crippen LogP contribution in [0.1, 0.15) is 44.9 Å². The maximum atomic E-state index is 12.4. The molecule has 1 aliphatic heterocycles. The van der Waals surface area contributed by atoms with Crippen molar-refractivity contribution in [2.75, 3.05) is 37.7 Å². The largest absolute Gasteiger partial charge is 0.466 e. The Balaban J connectivity index is 1.82. The van der Waals surface area contributed by atoms with E-state index in [1.165, 1.54) is 6.33 Å². The number of aromatic nitrogens is 4. The van der Waals surface area contributed by atoms with E-state index in [1.54, 1.807) is 11.4 Å². The number of amides is 1. The number of ether oxygens (including phenoxy) is 1. The molecule has 0 bridgehead atoms. The molecule has 1 aliphatic rings. The standard InChI is InChI=1S/C20H30N6O3/c1-5-29-18(28)7-6-16-15(4)23-20-21-13-22-26(20)19(16)25-10-8-24(9-11-25)17(27)12-14(2)3/h13-14H,5-12H2,1-4H3. The summed E-state index contributed by atoms with van der Waals surface area (Å²) in [5, 5.41) is 4.36. The fourth-order valence-corrected chi connectivity index (χ4v) is 3.69. The molecule has 29 heavy (non-hydrogen) atoms. The summed E-state index contributed by atoms with van der Waals surface area (Å²) in [6.07, 6.45) is 2.88. The van der Waals surface area contributed by atoms with Gasteiger partial charge in [0.1, 0.15) is 12.1 Å². The maximum Gasteiger partial charge on any atom is 0.306 e. The summed E-state index contributed by atoms with van der Waals surface area (Å²) in [4.78, 5) is 37.2. The van der Waals surface area contributed by atoms with Gasteiger partial charge >= 0.3 is 5.97 Å². The van der Waals surface area contributed by atoms with E-state index in [1.807, 2.05) is 11.8 Å². The Hall–Kier alpha value is -2.71. The van der Waals surface area contributed by atoms with Crippen molar-refractivity contribution in [1.82, 2.24) is 24.5 Å². The Morgan fingerprint density at radius 1 is 1.21 bits per heavy atom. The van der Waals surface area contributed by atoms with Crippen molar-refractivity contribution in [3.8, 4) is 0 Å². The van der Waals surface area contributed by atoms with Crippen LogP contribution in [-0.4, -0.2) is 69.1 Å². The van der Waals surface area contributed by atoms with E-state index in [9.17, 15) is 9.59 Å². The molecule has 1 saturated heterocycles. The number of nitrogens with zero attached hydrogens (tertiary/aromatic N) is 6. The van der Waals surface area contributed by atoms with Gasteiger partial charge in [-0.2, -0.15) is 14.6 Å². The summed E-state index contributed by atoms with van der Waals surface area (Å²) in [6, 6.07) is 0. The fourth-order valence-electron chi connectivity index (χ4n) is 3.69. The van der Waals surface area contributed by atoms with Crippen LogP contribution in [-0.2, 0) is 20.7 Å². The van der Waals surface area contributed by atoms with Crippen LogP contribution in [0.4, 0.5) is 5.82 Å². The van der Waals surface area contributed by atoms with E-state index in [-0.39, 0.29) is 18.3 Å². The van der Waals surface area contributed by atoms with Crippen LogP contribution < -0.4 is 4.90 Å². The molecule has 1 fully saturated rings. The number of anilines is 1. The number of hydrogen-bond donors (Lipinski definition) is 0. The van der Waals surface area contributed by atoms with E-state index < -0.39 is 0 Å². The number of aryl methyl sites for hydroxylation is 1. The molecule has 9 nitrogen and oxygen atoms in total. The van der Waals surface area contributed by atoms with Crippen LogP contribution in [0.5, 0.6) is 0 Å². The second kappa shape index (κ2) is 9.19. The zero-order valence-electron chi connectivity index (χ0n) is 17.7. The number of rotatable bonds is 7. The molecule has 0 saturated carbocycles. The van der Waals surface area contributed by atoms with Crippen LogP contribution in [0.3, 0.4) is 0 Å². The molecule has 0 atom stereocenters. The molecule has 3 heterocycles. The SMILES string of the molecule is CCOC(=O)CCc1c(C)nc2ncnn2c1N1CCN(C(=O)CC(C)C)CC1. The third-order valence-electron chi connectivity index (χ3n) is 5.10. The van der Waals surface area contributed by atoms with Gasteiger partial charge in [0.05, 0.1) is 6.61 Å². The predicted molar refractivity (Wildman–Crippen MR) is 109 cm³/mol. The highest BCUT2D eigenvalue weighted by molar-refractivity contribution is 5.76. The Morgan fingerprint density at radius 2 is 1.93 bits per heavy atom. The average molecular weight is 402 g/mol. The summed E-state index contributed by atoms with van der Waals surface area (Å²) >= 11 is 0. The second-order valence-electron chi connectivity index (χ2n) is 7.74. The van der Waals surface area contributed by atoms with Crippen LogP contribution in [0.15, 0.2) is 6.33 Å². The Bertz CT molecular complexity index is 870. The van der Waals surface area contributed by atoms with E-state index in [0.717, 1.165) is 17.1 Å². The van der Waals surface area contributed by atoms with Crippen molar-refractivity contribution in [2.24, 2.45) is 5.92 Å². The van der Waals surface area contributed by atoms with Gasteiger partial charge in [-0.25, -0.2) is 4.98 Å². The number of carbonyl (C=O) groups excluding carboxylic acids is 2. The van der Waals surface area contributed by atoms with Gasteiger partial charge in [-0.1, -0.05) is 13.8 Å². The lowest BCUT2D eigenvalue weighted by molar-refractivity contribution is -0.143. The Morgan fingerprint density at radius 3 is 2.59 bits per heavy atom. The fraction of sp³-hybridized carbons (Fsp3) is 0.650. The average Bonchev–Trinajstić information content (AvgIpc) is 3.13. The summed E-state index contributed by atoms with van der Waals surface area (Å²) in [5.74, 6) is 1.79. The first-order valence-electron chi connectivity index (χ1n) is 10.3. The minimum Gasteiger partial charge on any atom is -0.466 e. The van der Waals surface area contributed by atoms with Crippen molar-refractivity contribution < 1.29 is 14.3 Å². The second-order valence-corrected chi connectivity index (χ2v) is 7.74. The first kappa shape index (κ1) is 21.0. The third kappa shape index (κ3) is 4.83. The van der Waals surface area contributed by atoms with Gasteiger partial charge in [-0.05, 0) is 26.2 Å². The van der Waals surface area contributed by atoms with Crippen LogP contribution in [0.2, 0.25) is 0 Å². The van der Waals surface area contributed by atoms with Crippen molar-refractivity contribution in [3.63, 3.8) is 0 Å². The number of hydrogen-bond acceptors (Lipinski definition) is 7. The molecule has 0 aliphatic carbocycles. The van der Waals surface area contributed by atoms with Crippen LogP contribution in [0.25, 0.3) is 5.78 Å². The summed E-state index contributed by atoms with van der Waals surface area (Å²) in [5.41, 5.74) is 1.81. The number of piperazine rings is 1. The van der Waals surface area contributed by atoms with Crippen molar-refractivity contribution >= 4 is 23.5 Å². The van der Waals surface area contributed by atoms with E-state index >= 15 is 0 Å². The highest BCUT2D eigenvalue weighted by Crippen LogP contribution is 2.26. The zero-order chi connectivity index (χ0) is 21.0. The molecule has 0 aromatic carbocycles. The molecular formula is C20H30N6O3. The number of fused-ring (bicyclic) bond motifs is 1. The minimum absolute atomic E-state index is 0.207. The summed E-state index contributed by atoms with van der Waals surface area (Å²) in [6.45, 7) is 11.0. The first-order valence-corrected chi connectivity index (χ1v) is 10.3. The van der Waals surface area contributed by atoms with Gasteiger partial charge in [0.2, 0.25) is 5.91 Å². The molecule has 0 spiro atoms. The van der Waals surface area contributed by atoms with E-state index in [4.69, 9.17) is 4.74 Å². The molecule has 158 valence electrons. The van der Waals surface area contributed by atoms with Crippen molar-refractivity contribution in [3.05, 3.63) is 17.6 Å². The smallest absolute Gasteiger partial charge is 0.306 e. The molecule has 0 radical (unpaired) electrons. The maximum absolute atomic E-state index is 12.4. The monoisotopic (exact) mass is 402 g/mol. The van der Waals surface area contributed by atoms with Gasteiger partial charge in [0.15, 0.2) is 0 Å². The Kier molecular flexibility index (Phi) is 6.66. The van der Waals surface area contributed by atoms with E-state index in [0.29, 0.717) is 57.3 Å². The number of esters is 1.